The van der Waals surface area contributed by atoms with E-state index in [1.165, 1.54) is 6.07 Å². The van der Waals surface area contributed by atoms with Gasteiger partial charge in [-0.25, -0.2) is 9.78 Å². The van der Waals surface area contributed by atoms with Crippen molar-refractivity contribution in [3.05, 3.63) is 59.5 Å². The molecule has 2 N–H and O–H groups in total. The Labute approximate surface area is 125 Å². The highest BCUT2D eigenvalue weighted by Gasteiger charge is 2.12. The van der Waals surface area contributed by atoms with E-state index in [2.05, 4.69) is 15.3 Å². The van der Waals surface area contributed by atoms with Gasteiger partial charge in [-0.15, -0.1) is 0 Å². The summed E-state index contributed by atoms with van der Waals surface area (Å²) < 4.78 is 0. The lowest BCUT2D eigenvalue weighted by Crippen LogP contribution is -2.04. The average molecular weight is 300 g/mol. The van der Waals surface area contributed by atoms with E-state index in [9.17, 15) is 4.79 Å². The van der Waals surface area contributed by atoms with Crippen LogP contribution in [0, 0.1) is 0 Å². The zero-order valence-corrected chi connectivity index (χ0v) is 11.5. The standard InChI is InChI=1S/C15H10ClN3O2/c16-11-4-5-13(19-14(11)15(20)21)18-12-3-1-2-9-8-17-7-6-10(9)12/h1-8H,(H,18,19)(H,20,21). The van der Waals surface area contributed by atoms with Gasteiger partial charge in [-0.3, -0.25) is 4.98 Å². The van der Waals surface area contributed by atoms with Crippen molar-refractivity contribution in [1.82, 2.24) is 9.97 Å². The lowest BCUT2D eigenvalue weighted by Gasteiger charge is -2.09. The summed E-state index contributed by atoms with van der Waals surface area (Å²) in [7, 11) is 0. The first kappa shape index (κ1) is 13.3. The molecule has 1 aromatic carbocycles. The van der Waals surface area contributed by atoms with Crippen molar-refractivity contribution in [3.8, 4) is 0 Å². The van der Waals surface area contributed by atoms with Gasteiger partial charge in [0.15, 0.2) is 5.69 Å². The fourth-order valence-electron chi connectivity index (χ4n) is 2.03. The van der Waals surface area contributed by atoms with Gasteiger partial charge in [-0.05, 0) is 24.3 Å². The molecule has 0 amide bonds. The Morgan fingerprint density at radius 2 is 2.05 bits per heavy atom. The van der Waals surface area contributed by atoms with Crippen LogP contribution in [0.15, 0.2) is 48.8 Å². The van der Waals surface area contributed by atoms with Crippen LogP contribution in [0.5, 0.6) is 0 Å². The summed E-state index contributed by atoms with van der Waals surface area (Å²) in [4.78, 5) is 19.1. The molecule has 0 atom stereocenters. The quantitative estimate of drug-likeness (QED) is 0.771. The van der Waals surface area contributed by atoms with E-state index in [0.29, 0.717) is 5.82 Å². The number of hydrogen-bond donors (Lipinski definition) is 2. The minimum absolute atomic E-state index is 0.107. The van der Waals surface area contributed by atoms with Crippen LogP contribution >= 0.6 is 11.6 Å². The number of nitrogens with zero attached hydrogens (tertiary/aromatic N) is 2. The maximum absolute atomic E-state index is 11.1. The molecule has 0 bridgehead atoms. The maximum Gasteiger partial charge on any atom is 0.356 e. The normalized spacial score (nSPS) is 10.5. The van der Waals surface area contributed by atoms with E-state index in [0.717, 1.165) is 16.5 Å². The molecule has 0 aliphatic heterocycles. The van der Waals surface area contributed by atoms with Crippen LogP contribution in [0.1, 0.15) is 10.5 Å². The highest BCUT2D eigenvalue weighted by atomic mass is 35.5. The topological polar surface area (TPSA) is 75.1 Å². The molecule has 0 aliphatic rings. The molecule has 3 aromatic rings. The average Bonchev–Trinajstić information content (AvgIpc) is 2.49. The van der Waals surface area contributed by atoms with Gasteiger partial charge in [0.25, 0.3) is 0 Å². The fraction of sp³-hybridized carbons (Fsp3) is 0. The van der Waals surface area contributed by atoms with Gasteiger partial charge in [-0.1, -0.05) is 23.7 Å². The first-order valence-electron chi connectivity index (χ1n) is 6.15. The lowest BCUT2D eigenvalue weighted by atomic mass is 10.1. The number of carbonyl (C=O) groups is 1. The number of hydrogen-bond acceptors (Lipinski definition) is 4. The van der Waals surface area contributed by atoms with E-state index >= 15 is 0 Å². The summed E-state index contributed by atoms with van der Waals surface area (Å²) in [6, 6.07) is 10.7. The van der Waals surface area contributed by atoms with E-state index < -0.39 is 5.97 Å². The van der Waals surface area contributed by atoms with E-state index in [1.807, 2.05) is 24.3 Å². The van der Waals surface area contributed by atoms with Crippen molar-refractivity contribution in [1.29, 1.82) is 0 Å². The minimum atomic E-state index is -1.16. The molecule has 0 aliphatic carbocycles. The Morgan fingerprint density at radius 1 is 1.19 bits per heavy atom. The lowest BCUT2D eigenvalue weighted by molar-refractivity contribution is 0.0691. The predicted octanol–water partition coefficient (Wildman–Crippen LogP) is 3.73. The molecule has 3 rings (SSSR count). The van der Waals surface area contributed by atoms with Gasteiger partial charge in [0.2, 0.25) is 0 Å². The molecule has 6 heteroatoms. The highest BCUT2D eigenvalue weighted by molar-refractivity contribution is 6.33. The molecule has 2 heterocycles. The molecular formula is C15H10ClN3O2. The number of aromatic carboxylic acids is 1. The van der Waals surface area contributed by atoms with Crippen molar-refractivity contribution in [2.24, 2.45) is 0 Å². The zero-order chi connectivity index (χ0) is 14.8. The van der Waals surface area contributed by atoms with Crippen molar-refractivity contribution in [2.45, 2.75) is 0 Å². The first-order chi connectivity index (χ1) is 10.1. The van der Waals surface area contributed by atoms with Crippen molar-refractivity contribution in [3.63, 3.8) is 0 Å². The molecule has 104 valence electrons. The summed E-state index contributed by atoms with van der Waals surface area (Å²) in [5.41, 5.74) is 0.643. The monoisotopic (exact) mass is 299 g/mol. The van der Waals surface area contributed by atoms with Crippen molar-refractivity contribution in [2.75, 3.05) is 5.32 Å². The summed E-state index contributed by atoms with van der Waals surface area (Å²) >= 11 is 5.81. The Hall–Kier alpha value is -2.66. The number of nitrogens with one attached hydrogen (secondary N) is 1. The van der Waals surface area contributed by atoms with Crippen LogP contribution in [0.4, 0.5) is 11.5 Å². The fourth-order valence-corrected chi connectivity index (χ4v) is 2.22. The third-order valence-electron chi connectivity index (χ3n) is 2.99. The predicted molar refractivity (Wildman–Crippen MR) is 81.2 cm³/mol. The summed E-state index contributed by atoms with van der Waals surface area (Å²) in [5.74, 6) is -0.744. The Bertz CT molecular complexity index is 831. The molecule has 0 fully saturated rings. The van der Waals surface area contributed by atoms with Gasteiger partial charge in [0, 0.05) is 28.9 Å². The number of anilines is 2. The molecule has 0 saturated heterocycles. The number of aromatic nitrogens is 2. The van der Waals surface area contributed by atoms with E-state index in [-0.39, 0.29) is 10.7 Å². The number of halogens is 1. The molecule has 0 radical (unpaired) electrons. The number of fused-ring (bicyclic) bond motifs is 1. The molecule has 2 aromatic heterocycles. The number of carboxylic acids is 1. The van der Waals surface area contributed by atoms with Gasteiger partial charge in [-0.2, -0.15) is 0 Å². The van der Waals surface area contributed by atoms with Crippen LogP contribution in [-0.2, 0) is 0 Å². The Morgan fingerprint density at radius 3 is 2.86 bits per heavy atom. The van der Waals surface area contributed by atoms with Gasteiger partial charge in [0.1, 0.15) is 5.82 Å². The van der Waals surface area contributed by atoms with Crippen LogP contribution in [-0.4, -0.2) is 21.0 Å². The third kappa shape index (κ3) is 2.64. The minimum Gasteiger partial charge on any atom is -0.476 e. The summed E-state index contributed by atoms with van der Waals surface area (Å²) in [5, 5.41) is 14.2. The van der Waals surface area contributed by atoms with Crippen molar-refractivity contribution >= 4 is 39.8 Å². The number of pyridine rings is 2. The second kappa shape index (κ2) is 5.38. The Balaban J connectivity index is 2.03. The third-order valence-corrected chi connectivity index (χ3v) is 3.30. The Kier molecular flexibility index (Phi) is 3.41. The molecule has 0 saturated carbocycles. The van der Waals surface area contributed by atoms with Crippen molar-refractivity contribution < 1.29 is 9.90 Å². The maximum atomic E-state index is 11.1. The van der Waals surface area contributed by atoms with Crippen LogP contribution in [0.25, 0.3) is 10.8 Å². The van der Waals surface area contributed by atoms with Gasteiger partial charge < -0.3 is 10.4 Å². The highest BCUT2D eigenvalue weighted by Crippen LogP contribution is 2.26. The molecule has 21 heavy (non-hydrogen) atoms. The SMILES string of the molecule is O=C(O)c1nc(Nc2cccc3cnccc23)ccc1Cl. The van der Waals surface area contributed by atoms with E-state index in [1.54, 1.807) is 18.5 Å². The first-order valence-corrected chi connectivity index (χ1v) is 6.52. The van der Waals surface area contributed by atoms with Gasteiger partial charge in [0.05, 0.1) is 5.02 Å². The second-order valence-corrected chi connectivity index (χ2v) is 4.77. The summed E-state index contributed by atoms with van der Waals surface area (Å²) in [6.45, 7) is 0. The molecule has 0 unspecified atom stereocenters. The number of carboxylic acid groups (broad SMARTS) is 1. The van der Waals surface area contributed by atoms with E-state index in [4.69, 9.17) is 16.7 Å². The van der Waals surface area contributed by atoms with Crippen LogP contribution in [0.2, 0.25) is 5.02 Å². The number of benzene rings is 1. The molecule has 5 nitrogen and oxygen atoms in total. The van der Waals surface area contributed by atoms with Crippen LogP contribution in [0.3, 0.4) is 0 Å². The number of rotatable bonds is 3. The van der Waals surface area contributed by atoms with Gasteiger partial charge >= 0.3 is 5.97 Å². The van der Waals surface area contributed by atoms with Crippen LogP contribution < -0.4 is 5.32 Å². The smallest absolute Gasteiger partial charge is 0.356 e. The molecule has 0 spiro atoms. The largest absolute Gasteiger partial charge is 0.476 e. The zero-order valence-electron chi connectivity index (χ0n) is 10.7. The molecular weight excluding hydrogens is 290 g/mol. The second-order valence-electron chi connectivity index (χ2n) is 4.36. The summed E-state index contributed by atoms with van der Waals surface area (Å²) in [6.07, 6.45) is 3.46.